The molecule has 1 unspecified atom stereocenters. The molecular weight excluding hydrogens is 304 g/mol. The first kappa shape index (κ1) is 20.6. The molecule has 136 valence electrons. The molecule has 0 aliphatic heterocycles. The molecule has 0 aromatic heterocycles. The highest BCUT2D eigenvalue weighted by molar-refractivity contribution is 6.24. The molecule has 1 aliphatic rings. The molecule has 0 bridgehead atoms. The van der Waals surface area contributed by atoms with Gasteiger partial charge in [-0.2, -0.15) is 0 Å². The van der Waals surface area contributed by atoms with Crippen molar-refractivity contribution in [2.45, 2.75) is 67.2 Å². The van der Waals surface area contributed by atoms with E-state index in [-0.39, 0.29) is 34.6 Å². The van der Waals surface area contributed by atoms with Gasteiger partial charge in [0, 0.05) is 18.3 Å². The van der Waals surface area contributed by atoms with Crippen LogP contribution in [-0.2, 0) is 14.4 Å². The van der Waals surface area contributed by atoms with E-state index in [2.05, 4.69) is 13.8 Å². The Bertz CT molecular complexity index is 526. The van der Waals surface area contributed by atoms with Crippen molar-refractivity contribution >= 4 is 17.3 Å². The second kappa shape index (κ2) is 8.59. The number of aliphatic hydroxyl groups is 1. The van der Waals surface area contributed by atoms with Gasteiger partial charge in [-0.25, -0.2) is 0 Å². The van der Waals surface area contributed by atoms with Crippen LogP contribution in [0.25, 0.3) is 0 Å². The quantitative estimate of drug-likeness (QED) is 0.638. The summed E-state index contributed by atoms with van der Waals surface area (Å²) in [6, 6.07) is 0. The highest BCUT2D eigenvalue weighted by atomic mass is 16.3. The van der Waals surface area contributed by atoms with E-state index >= 15 is 0 Å². The minimum absolute atomic E-state index is 0.116. The van der Waals surface area contributed by atoms with Crippen molar-refractivity contribution in [1.29, 1.82) is 0 Å². The van der Waals surface area contributed by atoms with Crippen LogP contribution >= 0.6 is 0 Å². The molecule has 0 saturated carbocycles. The largest absolute Gasteiger partial charge is 0.511 e. The number of carbonyl (C=O) groups is 3. The lowest BCUT2D eigenvalue weighted by molar-refractivity contribution is -0.129. The van der Waals surface area contributed by atoms with Gasteiger partial charge in [0.15, 0.2) is 11.6 Å². The number of Topliss-reactive ketones (excluding diaryl/α,β-unsaturated/α-hetero) is 3. The summed E-state index contributed by atoms with van der Waals surface area (Å²) in [6.07, 6.45) is 2.39. The smallest absolute Gasteiger partial charge is 0.174 e. The molecule has 0 saturated heterocycles. The standard InChI is InChI=1S/C20H32O4/c1-11(2)7-9-14-16(15(21)10-8-12(3)4)20(24)17(19(14)23)18(22)13(5)6/h11-14,16,24H,7-10H2,1-6H3/t14-,16?/m0/s1. The monoisotopic (exact) mass is 336 g/mol. The molecule has 0 fully saturated rings. The van der Waals surface area contributed by atoms with Crippen LogP contribution < -0.4 is 0 Å². The number of rotatable bonds is 9. The molecule has 0 aromatic rings. The summed E-state index contributed by atoms with van der Waals surface area (Å²) in [7, 11) is 0. The molecule has 1 N–H and O–H groups in total. The van der Waals surface area contributed by atoms with Crippen LogP contribution in [0.3, 0.4) is 0 Å². The number of hydrogen-bond acceptors (Lipinski definition) is 4. The third kappa shape index (κ3) is 4.78. The summed E-state index contributed by atoms with van der Waals surface area (Å²) in [5.74, 6) is -2.09. The Kier molecular flexibility index (Phi) is 7.37. The summed E-state index contributed by atoms with van der Waals surface area (Å²) < 4.78 is 0. The number of carbonyl (C=O) groups excluding carboxylic acids is 3. The molecule has 1 aliphatic carbocycles. The van der Waals surface area contributed by atoms with E-state index in [1.807, 2.05) is 13.8 Å². The van der Waals surface area contributed by atoms with E-state index in [0.29, 0.717) is 24.7 Å². The highest BCUT2D eigenvalue weighted by Crippen LogP contribution is 2.39. The molecule has 0 spiro atoms. The van der Waals surface area contributed by atoms with Crippen LogP contribution in [-0.4, -0.2) is 22.5 Å². The number of ketones is 3. The van der Waals surface area contributed by atoms with Gasteiger partial charge in [-0.1, -0.05) is 48.0 Å². The number of aliphatic hydroxyl groups excluding tert-OH is 1. The first-order valence-corrected chi connectivity index (χ1v) is 9.12. The first-order valence-electron chi connectivity index (χ1n) is 9.12. The van der Waals surface area contributed by atoms with Crippen molar-refractivity contribution in [1.82, 2.24) is 0 Å². The van der Waals surface area contributed by atoms with Crippen LogP contribution in [0.1, 0.15) is 67.2 Å². The third-order valence-electron chi connectivity index (χ3n) is 4.68. The predicted molar refractivity (Wildman–Crippen MR) is 94.6 cm³/mol. The Labute approximate surface area is 145 Å². The zero-order valence-corrected chi connectivity index (χ0v) is 15.9. The van der Waals surface area contributed by atoms with Crippen LogP contribution in [0.4, 0.5) is 0 Å². The van der Waals surface area contributed by atoms with Gasteiger partial charge in [0.25, 0.3) is 0 Å². The van der Waals surface area contributed by atoms with E-state index in [1.165, 1.54) is 0 Å². The summed E-state index contributed by atoms with van der Waals surface area (Å²) in [6.45, 7) is 11.6. The fraction of sp³-hybridized carbons (Fsp3) is 0.750. The zero-order valence-electron chi connectivity index (χ0n) is 15.9. The first-order chi connectivity index (χ1) is 11.1. The second-order valence-corrected chi connectivity index (χ2v) is 8.10. The molecule has 0 heterocycles. The molecule has 4 nitrogen and oxygen atoms in total. The maximum atomic E-state index is 12.7. The SMILES string of the molecule is CC(C)CCC(=O)C1C(O)=C(C(=O)C(C)C)C(=O)[C@H]1CCC(C)C. The Balaban J connectivity index is 3.12. The lowest BCUT2D eigenvalue weighted by Crippen LogP contribution is -2.27. The lowest BCUT2D eigenvalue weighted by Gasteiger charge is -2.19. The fourth-order valence-electron chi connectivity index (χ4n) is 3.12. The van der Waals surface area contributed by atoms with Gasteiger partial charge in [0.1, 0.15) is 11.5 Å². The average Bonchev–Trinajstić information content (AvgIpc) is 2.72. The fourth-order valence-corrected chi connectivity index (χ4v) is 3.12. The summed E-state index contributed by atoms with van der Waals surface area (Å²) >= 11 is 0. The molecule has 0 radical (unpaired) electrons. The van der Waals surface area contributed by atoms with Crippen LogP contribution in [0.15, 0.2) is 11.3 Å². The van der Waals surface area contributed by atoms with Gasteiger partial charge >= 0.3 is 0 Å². The molecule has 0 aromatic carbocycles. The lowest BCUT2D eigenvalue weighted by atomic mass is 9.83. The van der Waals surface area contributed by atoms with E-state index in [4.69, 9.17) is 0 Å². The normalized spacial score (nSPS) is 21.5. The van der Waals surface area contributed by atoms with Crippen molar-refractivity contribution in [3.05, 3.63) is 11.3 Å². The van der Waals surface area contributed by atoms with E-state index in [9.17, 15) is 19.5 Å². The topological polar surface area (TPSA) is 71.4 Å². The van der Waals surface area contributed by atoms with Crippen molar-refractivity contribution < 1.29 is 19.5 Å². The summed E-state index contributed by atoms with van der Waals surface area (Å²) in [4.78, 5) is 37.7. The molecule has 4 heteroatoms. The van der Waals surface area contributed by atoms with Crippen LogP contribution in [0.2, 0.25) is 0 Å². The maximum Gasteiger partial charge on any atom is 0.174 e. The van der Waals surface area contributed by atoms with Gasteiger partial charge < -0.3 is 5.11 Å². The Hall–Kier alpha value is -1.45. The minimum atomic E-state index is -0.826. The minimum Gasteiger partial charge on any atom is -0.511 e. The van der Waals surface area contributed by atoms with Crippen molar-refractivity contribution in [2.24, 2.45) is 29.6 Å². The maximum absolute atomic E-state index is 12.7. The van der Waals surface area contributed by atoms with Crippen LogP contribution in [0, 0.1) is 29.6 Å². The Morgan fingerprint density at radius 2 is 1.54 bits per heavy atom. The molecule has 2 atom stereocenters. The van der Waals surface area contributed by atoms with Gasteiger partial charge in [-0.3, -0.25) is 14.4 Å². The summed E-state index contributed by atoms with van der Waals surface area (Å²) in [5.41, 5.74) is -0.123. The predicted octanol–water partition coefficient (Wildman–Crippen LogP) is 4.28. The van der Waals surface area contributed by atoms with Crippen molar-refractivity contribution in [2.75, 3.05) is 0 Å². The summed E-state index contributed by atoms with van der Waals surface area (Å²) in [5, 5.41) is 10.5. The Morgan fingerprint density at radius 1 is 1.00 bits per heavy atom. The molecule has 1 rings (SSSR count). The third-order valence-corrected chi connectivity index (χ3v) is 4.68. The number of hydrogen-bond donors (Lipinski definition) is 1. The van der Waals surface area contributed by atoms with E-state index < -0.39 is 11.8 Å². The number of allylic oxidation sites excluding steroid dienone is 2. The second-order valence-electron chi connectivity index (χ2n) is 8.10. The van der Waals surface area contributed by atoms with E-state index in [1.54, 1.807) is 13.8 Å². The molecule has 0 amide bonds. The van der Waals surface area contributed by atoms with Crippen LogP contribution in [0.5, 0.6) is 0 Å². The van der Waals surface area contributed by atoms with E-state index in [0.717, 1.165) is 12.8 Å². The van der Waals surface area contributed by atoms with Gasteiger partial charge in [-0.15, -0.1) is 0 Å². The molecule has 24 heavy (non-hydrogen) atoms. The highest BCUT2D eigenvalue weighted by Gasteiger charge is 2.47. The molecular formula is C20H32O4. The zero-order chi connectivity index (χ0) is 18.6. The van der Waals surface area contributed by atoms with Gasteiger partial charge in [0.2, 0.25) is 0 Å². The van der Waals surface area contributed by atoms with Crippen molar-refractivity contribution in [3.8, 4) is 0 Å². The Morgan fingerprint density at radius 3 is 2.00 bits per heavy atom. The van der Waals surface area contributed by atoms with Gasteiger partial charge in [0.05, 0.1) is 11.5 Å². The van der Waals surface area contributed by atoms with Crippen molar-refractivity contribution in [3.63, 3.8) is 0 Å². The average molecular weight is 336 g/mol. The van der Waals surface area contributed by atoms with Gasteiger partial charge in [-0.05, 0) is 24.7 Å².